The van der Waals surface area contributed by atoms with Crippen LogP contribution in [0.1, 0.15) is 11.3 Å². The minimum atomic E-state index is -4.44. The molecule has 0 spiro atoms. The van der Waals surface area contributed by atoms with Crippen molar-refractivity contribution >= 4 is 5.82 Å². The summed E-state index contributed by atoms with van der Waals surface area (Å²) in [5.41, 5.74) is 0.711. The van der Waals surface area contributed by atoms with Crippen LogP contribution in [-0.2, 0) is 12.7 Å². The number of nitrogens with one attached hydrogen (secondary N) is 1. The summed E-state index contributed by atoms with van der Waals surface area (Å²) in [7, 11) is 0. The highest BCUT2D eigenvalue weighted by Gasteiger charge is 2.33. The molecule has 0 aliphatic carbocycles. The topological polar surface area (TPSA) is 42.7 Å². The molecule has 23 heavy (non-hydrogen) atoms. The molecule has 1 N–H and O–H groups in total. The Kier molecular flexibility index (Phi) is 4.01. The Hall–Kier alpha value is -2.83. The smallest absolute Gasteiger partial charge is 0.364 e. The van der Waals surface area contributed by atoms with E-state index >= 15 is 0 Å². The first-order valence-electron chi connectivity index (χ1n) is 6.90. The first-order valence-corrected chi connectivity index (χ1v) is 6.90. The van der Waals surface area contributed by atoms with Crippen molar-refractivity contribution in [2.45, 2.75) is 12.7 Å². The van der Waals surface area contributed by atoms with E-state index in [9.17, 15) is 13.2 Å². The quantitative estimate of drug-likeness (QED) is 0.793. The summed E-state index contributed by atoms with van der Waals surface area (Å²) in [5, 5.41) is 7.03. The lowest BCUT2D eigenvalue weighted by molar-refractivity contribution is -0.137. The predicted molar refractivity (Wildman–Crippen MR) is 80.1 cm³/mol. The number of hydrogen-bond acceptors (Lipinski definition) is 3. The van der Waals surface area contributed by atoms with Gasteiger partial charge in [-0.3, -0.25) is 0 Å². The molecule has 0 fully saturated rings. The molecule has 3 aromatic rings. The van der Waals surface area contributed by atoms with E-state index in [1.54, 1.807) is 16.9 Å². The molecule has 0 saturated carbocycles. The van der Waals surface area contributed by atoms with E-state index in [0.717, 1.165) is 11.8 Å². The van der Waals surface area contributed by atoms with Crippen LogP contribution in [0.4, 0.5) is 19.0 Å². The summed E-state index contributed by atoms with van der Waals surface area (Å²) < 4.78 is 40.4. The van der Waals surface area contributed by atoms with E-state index in [2.05, 4.69) is 15.4 Å². The second-order valence-corrected chi connectivity index (χ2v) is 4.84. The Morgan fingerprint density at radius 1 is 1.00 bits per heavy atom. The summed E-state index contributed by atoms with van der Waals surface area (Å²) in [5.74, 6) is -0.200. The minimum absolute atomic E-state index is 0.153. The molecule has 0 unspecified atom stereocenters. The van der Waals surface area contributed by atoms with E-state index in [1.165, 1.54) is 12.3 Å². The van der Waals surface area contributed by atoms with Crippen molar-refractivity contribution < 1.29 is 13.2 Å². The van der Waals surface area contributed by atoms with Crippen molar-refractivity contribution in [3.8, 4) is 5.69 Å². The number of alkyl halides is 3. The van der Waals surface area contributed by atoms with Crippen LogP contribution in [0.3, 0.4) is 0 Å². The Bertz CT molecular complexity index is 781. The van der Waals surface area contributed by atoms with Gasteiger partial charge in [-0.25, -0.2) is 9.67 Å². The fourth-order valence-electron chi connectivity index (χ4n) is 2.13. The van der Waals surface area contributed by atoms with Crippen LogP contribution < -0.4 is 5.32 Å². The van der Waals surface area contributed by atoms with Gasteiger partial charge in [0.1, 0.15) is 5.82 Å². The molecule has 7 heteroatoms. The second kappa shape index (κ2) is 6.12. The number of rotatable bonds is 4. The van der Waals surface area contributed by atoms with Crippen LogP contribution in [0.25, 0.3) is 5.69 Å². The normalized spacial score (nSPS) is 11.4. The van der Waals surface area contributed by atoms with Crippen molar-refractivity contribution in [1.82, 2.24) is 14.8 Å². The summed E-state index contributed by atoms with van der Waals surface area (Å²) in [4.78, 5) is 3.76. The zero-order chi connectivity index (χ0) is 16.3. The molecular formula is C16H13F3N4. The third kappa shape index (κ3) is 3.50. The van der Waals surface area contributed by atoms with Gasteiger partial charge in [0, 0.05) is 12.4 Å². The van der Waals surface area contributed by atoms with Gasteiger partial charge in [-0.05, 0) is 30.3 Å². The molecule has 0 amide bonds. The Labute approximate surface area is 130 Å². The average molecular weight is 318 g/mol. The monoisotopic (exact) mass is 318 g/mol. The number of anilines is 1. The SMILES string of the molecule is FC(F)(F)c1cccnc1NCc1ccn(-c2ccccc2)n1. The molecule has 118 valence electrons. The number of nitrogens with zero attached hydrogens (tertiary/aromatic N) is 3. The Morgan fingerprint density at radius 3 is 2.52 bits per heavy atom. The molecule has 0 saturated heterocycles. The van der Waals surface area contributed by atoms with Gasteiger partial charge < -0.3 is 5.32 Å². The highest BCUT2D eigenvalue weighted by molar-refractivity contribution is 5.45. The van der Waals surface area contributed by atoms with E-state index < -0.39 is 11.7 Å². The molecular weight excluding hydrogens is 305 g/mol. The third-order valence-corrected chi connectivity index (χ3v) is 3.22. The van der Waals surface area contributed by atoms with Gasteiger partial charge in [-0.15, -0.1) is 0 Å². The molecule has 0 aliphatic heterocycles. The van der Waals surface area contributed by atoms with Crippen molar-refractivity contribution in [1.29, 1.82) is 0 Å². The van der Waals surface area contributed by atoms with Gasteiger partial charge >= 0.3 is 6.18 Å². The van der Waals surface area contributed by atoms with Gasteiger partial charge in [0.05, 0.1) is 23.5 Å². The lowest BCUT2D eigenvalue weighted by atomic mass is 10.2. The molecule has 2 aromatic heterocycles. The lowest BCUT2D eigenvalue weighted by Gasteiger charge is -2.12. The zero-order valence-electron chi connectivity index (χ0n) is 12.0. The standard InChI is InChI=1S/C16H13F3N4/c17-16(18,19)14-7-4-9-20-15(14)21-11-12-8-10-23(22-12)13-5-2-1-3-6-13/h1-10H,11H2,(H,20,21). The van der Waals surface area contributed by atoms with E-state index in [-0.39, 0.29) is 12.4 Å². The van der Waals surface area contributed by atoms with Crippen molar-refractivity contribution in [3.63, 3.8) is 0 Å². The van der Waals surface area contributed by atoms with E-state index in [4.69, 9.17) is 0 Å². The number of benzene rings is 1. The summed E-state index contributed by atoms with van der Waals surface area (Å²) in [6.45, 7) is 0.153. The Morgan fingerprint density at radius 2 is 1.78 bits per heavy atom. The van der Waals surface area contributed by atoms with Crippen LogP contribution in [0.15, 0.2) is 60.9 Å². The third-order valence-electron chi connectivity index (χ3n) is 3.22. The molecule has 2 heterocycles. The number of hydrogen-bond donors (Lipinski definition) is 1. The van der Waals surface area contributed by atoms with Crippen LogP contribution in [0.2, 0.25) is 0 Å². The highest BCUT2D eigenvalue weighted by Crippen LogP contribution is 2.33. The van der Waals surface area contributed by atoms with Crippen LogP contribution in [0.5, 0.6) is 0 Å². The summed E-state index contributed by atoms with van der Waals surface area (Å²) in [6.07, 6.45) is -1.37. The van der Waals surface area contributed by atoms with Gasteiger partial charge in [-0.2, -0.15) is 18.3 Å². The largest absolute Gasteiger partial charge is 0.419 e. The fourth-order valence-corrected chi connectivity index (χ4v) is 2.13. The van der Waals surface area contributed by atoms with Gasteiger partial charge in [-0.1, -0.05) is 18.2 Å². The molecule has 4 nitrogen and oxygen atoms in total. The summed E-state index contributed by atoms with van der Waals surface area (Å²) in [6, 6.07) is 13.5. The van der Waals surface area contributed by atoms with Crippen LogP contribution in [-0.4, -0.2) is 14.8 Å². The van der Waals surface area contributed by atoms with Crippen LogP contribution in [0, 0.1) is 0 Å². The number of aromatic nitrogens is 3. The first-order chi connectivity index (χ1) is 11.0. The van der Waals surface area contributed by atoms with Gasteiger partial charge in [0.2, 0.25) is 0 Å². The predicted octanol–water partition coefficient (Wildman–Crippen LogP) is 3.90. The van der Waals surface area contributed by atoms with Gasteiger partial charge in [0.15, 0.2) is 0 Å². The van der Waals surface area contributed by atoms with E-state index in [1.807, 2.05) is 30.3 Å². The average Bonchev–Trinajstić information content (AvgIpc) is 3.02. The van der Waals surface area contributed by atoms with Crippen LogP contribution >= 0.6 is 0 Å². The van der Waals surface area contributed by atoms with Crippen molar-refractivity contribution in [2.75, 3.05) is 5.32 Å². The molecule has 0 bridgehead atoms. The maximum absolute atomic E-state index is 12.9. The molecule has 1 aromatic carbocycles. The summed E-state index contributed by atoms with van der Waals surface area (Å²) >= 11 is 0. The second-order valence-electron chi connectivity index (χ2n) is 4.84. The van der Waals surface area contributed by atoms with E-state index in [0.29, 0.717) is 5.69 Å². The van der Waals surface area contributed by atoms with Crippen molar-refractivity contribution in [2.24, 2.45) is 0 Å². The van der Waals surface area contributed by atoms with Crippen molar-refractivity contribution in [3.05, 3.63) is 72.2 Å². The minimum Gasteiger partial charge on any atom is -0.364 e. The highest BCUT2D eigenvalue weighted by atomic mass is 19.4. The zero-order valence-corrected chi connectivity index (χ0v) is 12.0. The number of para-hydroxylation sites is 1. The Balaban J connectivity index is 1.74. The lowest BCUT2D eigenvalue weighted by Crippen LogP contribution is -2.12. The first kappa shape index (κ1) is 15.1. The molecule has 0 radical (unpaired) electrons. The van der Waals surface area contributed by atoms with Gasteiger partial charge in [0.25, 0.3) is 0 Å². The molecule has 3 rings (SSSR count). The maximum Gasteiger partial charge on any atom is 0.419 e. The number of halogens is 3. The fraction of sp³-hybridized carbons (Fsp3) is 0.125. The molecule has 0 atom stereocenters. The molecule has 0 aliphatic rings. The maximum atomic E-state index is 12.9. The number of pyridine rings is 1.